The highest BCUT2D eigenvalue weighted by atomic mass is 16.2. The maximum Gasteiger partial charge on any atom is 0.254 e. The summed E-state index contributed by atoms with van der Waals surface area (Å²) in [7, 11) is 0. The number of pyridine rings is 1. The summed E-state index contributed by atoms with van der Waals surface area (Å²) < 4.78 is 0. The smallest absolute Gasteiger partial charge is 0.254 e. The van der Waals surface area contributed by atoms with Gasteiger partial charge in [-0.3, -0.25) is 29.1 Å². The molecule has 10 nitrogen and oxygen atoms in total. The van der Waals surface area contributed by atoms with Crippen LogP contribution in [-0.2, 0) is 19.2 Å². The molecule has 0 radical (unpaired) electrons. The van der Waals surface area contributed by atoms with Crippen molar-refractivity contribution in [3.63, 3.8) is 0 Å². The number of nitrogens with one attached hydrogen (secondary N) is 1. The third-order valence-corrected chi connectivity index (χ3v) is 8.40. The number of anilines is 1. The van der Waals surface area contributed by atoms with Crippen LogP contribution in [0, 0.1) is 0 Å². The zero-order valence-electron chi connectivity index (χ0n) is 25.1. The van der Waals surface area contributed by atoms with Crippen LogP contribution in [0.3, 0.4) is 0 Å². The summed E-state index contributed by atoms with van der Waals surface area (Å²) in [5, 5.41) is 10.3. The Hall–Kier alpha value is -5.12. The largest absolute Gasteiger partial charge is 0.355 e. The van der Waals surface area contributed by atoms with Gasteiger partial charge in [0.2, 0.25) is 5.91 Å². The second-order valence-electron chi connectivity index (χ2n) is 11.5. The Morgan fingerprint density at radius 2 is 1.73 bits per heavy atom. The van der Waals surface area contributed by atoms with Crippen LogP contribution in [0.4, 0.5) is 5.69 Å². The summed E-state index contributed by atoms with van der Waals surface area (Å²) in [6.07, 6.45) is 13.2. The molecule has 45 heavy (non-hydrogen) atoms. The summed E-state index contributed by atoms with van der Waals surface area (Å²) in [6.45, 7) is 1.66. The lowest BCUT2D eigenvalue weighted by Crippen LogP contribution is -2.40. The van der Waals surface area contributed by atoms with Gasteiger partial charge in [0.1, 0.15) is 6.54 Å². The molecule has 0 saturated carbocycles. The van der Waals surface area contributed by atoms with Crippen LogP contribution in [0.1, 0.15) is 55.6 Å². The van der Waals surface area contributed by atoms with Crippen LogP contribution in [0.25, 0.3) is 10.9 Å². The molecule has 1 unspecified atom stereocenters. The molecule has 0 fully saturated rings. The van der Waals surface area contributed by atoms with Crippen molar-refractivity contribution in [1.29, 1.82) is 0 Å². The van der Waals surface area contributed by atoms with Gasteiger partial charge in [-0.2, -0.15) is 5.10 Å². The molecule has 3 aliphatic heterocycles. The minimum Gasteiger partial charge on any atom is -0.355 e. The molecule has 4 heterocycles. The summed E-state index contributed by atoms with van der Waals surface area (Å²) in [5.74, 6) is -1.67. The Labute approximate surface area is 262 Å². The number of hydrogen-bond donors (Lipinski definition) is 1. The number of carbonyl (C=O) groups is 4. The van der Waals surface area contributed by atoms with E-state index in [1.54, 1.807) is 11.2 Å². The van der Waals surface area contributed by atoms with Crippen molar-refractivity contribution in [3.8, 4) is 0 Å². The molecule has 6 rings (SSSR count). The van der Waals surface area contributed by atoms with Gasteiger partial charge in [-0.15, -0.1) is 0 Å². The number of fused-ring (bicyclic) bond motifs is 1. The van der Waals surface area contributed by atoms with Crippen LogP contribution in [0.15, 0.2) is 90.3 Å². The molecule has 0 saturated heterocycles. The fourth-order valence-electron chi connectivity index (χ4n) is 5.90. The van der Waals surface area contributed by atoms with Crippen LogP contribution >= 0.6 is 0 Å². The Balaban J connectivity index is 1.07. The summed E-state index contributed by atoms with van der Waals surface area (Å²) in [6, 6.07) is 18.4. The average Bonchev–Trinajstić information content (AvgIpc) is 3.71. The van der Waals surface area contributed by atoms with E-state index in [9.17, 15) is 19.2 Å². The third kappa shape index (κ3) is 7.01. The number of imide groups is 1. The average molecular weight is 605 g/mol. The van der Waals surface area contributed by atoms with E-state index in [0.717, 1.165) is 77.0 Å². The van der Waals surface area contributed by atoms with Crippen LogP contribution in [0.2, 0.25) is 0 Å². The van der Waals surface area contributed by atoms with Crippen molar-refractivity contribution in [2.45, 2.75) is 44.4 Å². The van der Waals surface area contributed by atoms with Gasteiger partial charge in [0, 0.05) is 61.7 Å². The van der Waals surface area contributed by atoms with E-state index in [4.69, 9.17) is 5.10 Å². The van der Waals surface area contributed by atoms with Gasteiger partial charge in [-0.1, -0.05) is 49.2 Å². The Morgan fingerprint density at radius 3 is 2.51 bits per heavy atom. The lowest BCUT2D eigenvalue weighted by atomic mass is 9.88. The van der Waals surface area contributed by atoms with Crippen molar-refractivity contribution >= 4 is 45.9 Å². The number of rotatable bonds is 12. The van der Waals surface area contributed by atoms with Gasteiger partial charge in [0.25, 0.3) is 17.7 Å². The zero-order chi connectivity index (χ0) is 31.2. The molecule has 3 aromatic rings. The fraction of sp³-hybridized carbons (Fsp3) is 0.314. The van der Waals surface area contributed by atoms with Gasteiger partial charge in [-0.05, 0) is 54.7 Å². The molecular formula is C35H36N6O4. The normalized spacial score (nSPS) is 18.0. The van der Waals surface area contributed by atoms with E-state index in [-0.39, 0.29) is 24.3 Å². The molecule has 230 valence electrons. The van der Waals surface area contributed by atoms with Crippen LogP contribution in [0.5, 0.6) is 0 Å². The Morgan fingerprint density at radius 1 is 0.933 bits per heavy atom. The number of hydrazone groups is 1. The molecule has 2 aromatic carbocycles. The lowest BCUT2D eigenvalue weighted by Gasteiger charge is -2.30. The number of hydrogen-bond acceptors (Lipinski definition) is 7. The second-order valence-corrected chi connectivity index (χ2v) is 11.5. The fourth-order valence-corrected chi connectivity index (χ4v) is 5.90. The first kappa shape index (κ1) is 29.9. The minimum atomic E-state index is -0.468. The summed E-state index contributed by atoms with van der Waals surface area (Å²) in [4.78, 5) is 56.8. The maximum atomic E-state index is 13.8. The predicted octanol–water partition coefficient (Wildman–Crippen LogP) is 4.28. The summed E-state index contributed by atoms with van der Waals surface area (Å²) >= 11 is 0. The van der Waals surface area contributed by atoms with E-state index in [2.05, 4.69) is 51.7 Å². The highest BCUT2D eigenvalue weighted by Crippen LogP contribution is 2.32. The standard InChI is InChI=1S/C35H36N6O4/c42-32(24-40-33(43)15-16-34(40)44)37-17-3-1-2-4-21-41-35(45)29(27-10-9-25-8-7-18-36-30(25)22-27)23-31(38-41)26-11-13-28(14-12-26)39-19-5-6-20-39/h5,7-16,18-19,22,29H,1-4,6,17,20-21,23-24H2,(H,37,42). The van der Waals surface area contributed by atoms with Crippen molar-refractivity contribution in [3.05, 3.63) is 96.3 Å². The zero-order valence-corrected chi connectivity index (χ0v) is 25.1. The number of aromatic nitrogens is 1. The monoisotopic (exact) mass is 604 g/mol. The first-order chi connectivity index (χ1) is 22.0. The Kier molecular flexibility index (Phi) is 9.09. The molecule has 1 N–H and O–H groups in total. The third-order valence-electron chi connectivity index (χ3n) is 8.40. The topological polar surface area (TPSA) is 115 Å². The van der Waals surface area contributed by atoms with E-state index in [1.165, 1.54) is 12.2 Å². The SMILES string of the molecule is O=C(CN1C(=O)C=CC1=O)NCCCCCCN1N=C(c2ccc(N3C=CCC3)cc2)CC(c2ccc3cccnc3c2)C1=O. The summed E-state index contributed by atoms with van der Waals surface area (Å²) in [5.41, 5.74) is 4.83. The molecular weight excluding hydrogens is 568 g/mol. The van der Waals surface area contributed by atoms with E-state index in [1.807, 2.05) is 30.3 Å². The molecule has 1 atom stereocenters. The van der Waals surface area contributed by atoms with Crippen molar-refractivity contribution in [2.24, 2.45) is 5.10 Å². The van der Waals surface area contributed by atoms with Crippen molar-refractivity contribution in [2.75, 3.05) is 31.1 Å². The highest BCUT2D eigenvalue weighted by Gasteiger charge is 2.33. The highest BCUT2D eigenvalue weighted by molar-refractivity contribution is 6.14. The first-order valence-corrected chi connectivity index (χ1v) is 15.5. The van der Waals surface area contributed by atoms with Crippen LogP contribution < -0.4 is 10.2 Å². The number of nitrogens with zero attached hydrogens (tertiary/aromatic N) is 5. The molecule has 1 aromatic heterocycles. The lowest BCUT2D eigenvalue weighted by molar-refractivity contribution is -0.141. The van der Waals surface area contributed by atoms with Gasteiger partial charge in [-0.25, -0.2) is 5.01 Å². The first-order valence-electron chi connectivity index (χ1n) is 15.5. The molecule has 0 bridgehead atoms. The number of unbranched alkanes of at least 4 members (excludes halogenated alkanes) is 3. The van der Waals surface area contributed by atoms with E-state index >= 15 is 0 Å². The number of benzene rings is 2. The second kappa shape index (κ2) is 13.7. The number of amides is 4. The van der Waals surface area contributed by atoms with Crippen LogP contribution in [-0.4, -0.2) is 70.4 Å². The van der Waals surface area contributed by atoms with Crippen molar-refractivity contribution < 1.29 is 19.2 Å². The van der Waals surface area contributed by atoms with Gasteiger partial charge < -0.3 is 10.2 Å². The minimum absolute atomic E-state index is 0.0133. The van der Waals surface area contributed by atoms with E-state index in [0.29, 0.717) is 19.5 Å². The van der Waals surface area contributed by atoms with E-state index < -0.39 is 11.8 Å². The molecule has 3 aliphatic rings. The predicted molar refractivity (Wildman–Crippen MR) is 172 cm³/mol. The van der Waals surface area contributed by atoms with Gasteiger partial charge in [0.15, 0.2) is 0 Å². The molecule has 0 spiro atoms. The van der Waals surface area contributed by atoms with Gasteiger partial charge >= 0.3 is 0 Å². The molecule has 0 aliphatic carbocycles. The van der Waals surface area contributed by atoms with Gasteiger partial charge in [0.05, 0.1) is 17.1 Å². The quantitative estimate of drug-likeness (QED) is 0.244. The maximum absolute atomic E-state index is 13.8. The number of carbonyl (C=O) groups excluding carboxylic acids is 4. The van der Waals surface area contributed by atoms with Crippen molar-refractivity contribution in [1.82, 2.24) is 20.2 Å². The molecule has 4 amide bonds. The Bertz CT molecular complexity index is 1680. The molecule has 10 heteroatoms.